The number of hydrogen-bond donors (Lipinski definition) is 1. The first-order valence-electron chi connectivity index (χ1n) is 3.56. The third-order valence-corrected chi connectivity index (χ3v) is 1.96. The molecule has 4 heteroatoms. The van der Waals surface area contributed by atoms with Gasteiger partial charge in [0.2, 0.25) is 5.91 Å². The maximum atomic E-state index is 10.9. The highest BCUT2D eigenvalue weighted by molar-refractivity contribution is 6.34. The lowest BCUT2D eigenvalue weighted by Crippen LogP contribution is -2.13. The van der Waals surface area contributed by atoms with Crippen LogP contribution in [0.4, 0.5) is 0 Å². The smallest absolute Gasteiger partial charge is 0.250 e. The van der Waals surface area contributed by atoms with E-state index in [1.54, 1.807) is 13.0 Å². The van der Waals surface area contributed by atoms with Crippen molar-refractivity contribution >= 4 is 17.5 Å². The van der Waals surface area contributed by atoms with Gasteiger partial charge in [-0.15, -0.1) is 0 Å². The summed E-state index contributed by atoms with van der Waals surface area (Å²) in [4.78, 5) is 10.9. The predicted octanol–water partition coefficient (Wildman–Crippen LogP) is 1.62. The van der Waals surface area contributed by atoms with Crippen LogP contribution in [0, 0.1) is 18.3 Å². The van der Waals surface area contributed by atoms with Gasteiger partial charge in [0.15, 0.2) is 0 Å². The molecule has 0 aliphatic carbocycles. The van der Waals surface area contributed by atoms with Crippen molar-refractivity contribution in [2.75, 3.05) is 0 Å². The number of amides is 1. The summed E-state index contributed by atoms with van der Waals surface area (Å²) in [6, 6.07) is 4.94. The van der Waals surface area contributed by atoms with Gasteiger partial charge in [0.05, 0.1) is 22.2 Å². The first kappa shape index (κ1) is 9.56. The third-order valence-electron chi connectivity index (χ3n) is 1.66. The molecule has 0 aromatic heterocycles. The van der Waals surface area contributed by atoms with E-state index in [9.17, 15) is 4.79 Å². The number of nitriles is 1. The summed E-state index contributed by atoms with van der Waals surface area (Å²) in [5.41, 5.74) is 6.42. The van der Waals surface area contributed by atoms with Crippen LogP contribution in [0.5, 0.6) is 0 Å². The van der Waals surface area contributed by atoms with Crippen molar-refractivity contribution in [2.24, 2.45) is 5.73 Å². The fourth-order valence-electron chi connectivity index (χ4n) is 1.12. The fourth-order valence-corrected chi connectivity index (χ4v) is 1.48. The molecular weight excluding hydrogens is 188 g/mol. The molecule has 0 radical (unpaired) electrons. The molecule has 0 fully saturated rings. The lowest BCUT2D eigenvalue weighted by atomic mass is 10.1. The summed E-state index contributed by atoms with van der Waals surface area (Å²) in [6.07, 6.45) is 0. The van der Waals surface area contributed by atoms with Crippen LogP contribution in [-0.4, -0.2) is 5.91 Å². The molecule has 0 saturated carbocycles. The highest BCUT2D eigenvalue weighted by Crippen LogP contribution is 2.21. The Kier molecular flexibility index (Phi) is 2.54. The summed E-state index contributed by atoms with van der Waals surface area (Å²) in [7, 11) is 0. The van der Waals surface area contributed by atoms with Crippen LogP contribution in [0.1, 0.15) is 21.5 Å². The van der Waals surface area contributed by atoms with E-state index in [1.165, 1.54) is 6.07 Å². The Balaban J connectivity index is 3.42. The number of benzene rings is 1. The largest absolute Gasteiger partial charge is 0.366 e. The van der Waals surface area contributed by atoms with Crippen molar-refractivity contribution in [3.8, 4) is 6.07 Å². The SMILES string of the molecule is Cc1cc(C#N)cc(Cl)c1C(N)=O. The van der Waals surface area contributed by atoms with Gasteiger partial charge >= 0.3 is 0 Å². The van der Waals surface area contributed by atoms with Gasteiger partial charge in [0.1, 0.15) is 0 Å². The van der Waals surface area contributed by atoms with Crippen LogP contribution in [0.25, 0.3) is 0 Å². The molecule has 13 heavy (non-hydrogen) atoms. The van der Waals surface area contributed by atoms with Gasteiger partial charge in [0, 0.05) is 0 Å². The molecule has 0 atom stereocenters. The molecule has 0 heterocycles. The Hall–Kier alpha value is -1.53. The number of carbonyl (C=O) groups is 1. The second-order valence-electron chi connectivity index (χ2n) is 2.63. The molecule has 0 bridgehead atoms. The fraction of sp³-hybridized carbons (Fsp3) is 0.111. The molecule has 2 N–H and O–H groups in total. The van der Waals surface area contributed by atoms with Gasteiger partial charge in [-0.25, -0.2) is 0 Å². The monoisotopic (exact) mass is 194 g/mol. The molecule has 1 amide bonds. The summed E-state index contributed by atoms with van der Waals surface area (Å²) in [6.45, 7) is 1.69. The molecular formula is C9H7ClN2O. The van der Waals surface area contributed by atoms with Crippen molar-refractivity contribution in [3.63, 3.8) is 0 Å². The second kappa shape index (κ2) is 3.46. The average Bonchev–Trinajstić information content (AvgIpc) is 2.02. The number of rotatable bonds is 1. The van der Waals surface area contributed by atoms with Crippen LogP contribution in [0.15, 0.2) is 12.1 Å². The zero-order chi connectivity index (χ0) is 10.0. The molecule has 66 valence electrons. The summed E-state index contributed by atoms with van der Waals surface area (Å²) >= 11 is 5.76. The minimum Gasteiger partial charge on any atom is -0.366 e. The minimum absolute atomic E-state index is 0.226. The first-order chi connectivity index (χ1) is 6.06. The molecule has 3 nitrogen and oxygen atoms in total. The maximum Gasteiger partial charge on any atom is 0.250 e. The van der Waals surface area contributed by atoms with Crippen LogP contribution in [-0.2, 0) is 0 Å². The molecule has 1 aromatic rings. The molecule has 1 aromatic carbocycles. The predicted molar refractivity (Wildman–Crippen MR) is 49.4 cm³/mol. The number of carbonyl (C=O) groups excluding carboxylic acids is 1. The van der Waals surface area contributed by atoms with Crippen LogP contribution in [0.2, 0.25) is 5.02 Å². The van der Waals surface area contributed by atoms with Gasteiger partial charge in [-0.2, -0.15) is 5.26 Å². The lowest BCUT2D eigenvalue weighted by Gasteiger charge is -2.03. The van der Waals surface area contributed by atoms with Gasteiger partial charge in [-0.1, -0.05) is 11.6 Å². The summed E-state index contributed by atoms with van der Waals surface area (Å²) in [5.74, 6) is -0.577. The van der Waals surface area contributed by atoms with Crippen molar-refractivity contribution < 1.29 is 4.79 Å². The van der Waals surface area contributed by atoms with Crippen molar-refractivity contribution in [1.29, 1.82) is 5.26 Å². The molecule has 0 unspecified atom stereocenters. The standard InChI is InChI=1S/C9H7ClN2O/c1-5-2-6(4-11)3-7(10)8(5)9(12)13/h2-3H,1H3,(H2,12,13). The Morgan fingerprint density at radius 3 is 2.62 bits per heavy atom. The average molecular weight is 195 g/mol. The van der Waals surface area contributed by atoms with Crippen LogP contribution < -0.4 is 5.73 Å². The summed E-state index contributed by atoms with van der Waals surface area (Å²) in [5, 5.41) is 8.82. The van der Waals surface area contributed by atoms with Gasteiger partial charge < -0.3 is 5.73 Å². The van der Waals surface area contributed by atoms with Gasteiger partial charge in [0.25, 0.3) is 0 Å². The molecule has 0 saturated heterocycles. The normalized spacial score (nSPS) is 9.31. The molecule has 0 aliphatic heterocycles. The third kappa shape index (κ3) is 1.79. The highest BCUT2D eigenvalue weighted by Gasteiger charge is 2.11. The van der Waals surface area contributed by atoms with Crippen molar-refractivity contribution in [2.45, 2.75) is 6.92 Å². The van der Waals surface area contributed by atoms with E-state index >= 15 is 0 Å². The Morgan fingerprint density at radius 1 is 1.62 bits per heavy atom. The minimum atomic E-state index is -0.577. The topological polar surface area (TPSA) is 66.9 Å². The Morgan fingerprint density at radius 2 is 2.23 bits per heavy atom. The number of halogens is 1. The quantitative estimate of drug-likeness (QED) is 0.738. The zero-order valence-corrected chi connectivity index (χ0v) is 7.72. The second-order valence-corrected chi connectivity index (χ2v) is 3.03. The number of hydrogen-bond acceptors (Lipinski definition) is 2. The van der Waals surface area contributed by atoms with E-state index in [1.807, 2.05) is 6.07 Å². The maximum absolute atomic E-state index is 10.9. The highest BCUT2D eigenvalue weighted by atomic mass is 35.5. The van der Waals surface area contributed by atoms with Crippen LogP contribution >= 0.6 is 11.6 Å². The van der Waals surface area contributed by atoms with E-state index in [0.717, 1.165) is 0 Å². The van der Waals surface area contributed by atoms with Crippen molar-refractivity contribution in [3.05, 3.63) is 33.8 Å². The Bertz CT molecular complexity index is 384. The number of nitrogens with zero attached hydrogens (tertiary/aromatic N) is 1. The number of nitrogens with two attached hydrogens (primary N) is 1. The van der Waals surface area contributed by atoms with Gasteiger partial charge in [-0.05, 0) is 24.6 Å². The van der Waals surface area contributed by atoms with E-state index in [-0.39, 0.29) is 10.6 Å². The molecule has 1 rings (SSSR count). The van der Waals surface area contributed by atoms with E-state index in [0.29, 0.717) is 11.1 Å². The Labute approximate surface area is 80.7 Å². The van der Waals surface area contributed by atoms with Crippen LogP contribution in [0.3, 0.4) is 0 Å². The number of primary amides is 1. The number of aryl methyl sites for hydroxylation is 1. The van der Waals surface area contributed by atoms with Crippen molar-refractivity contribution in [1.82, 2.24) is 0 Å². The van der Waals surface area contributed by atoms with E-state index in [2.05, 4.69) is 0 Å². The van der Waals surface area contributed by atoms with E-state index < -0.39 is 5.91 Å². The zero-order valence-electron chi connectivity index (χ0n) is 6.97. The van der Waals surface area contributed by atoms with E-state index in [4.69, 9.17) is 22.6 Å². The lowest BCUT2D eigenvalue weighted by molar-refractivity contribution is 0.1000. The summed E-state index contributed by atoms with van der Waals surface area (Å²) < 4.78 is 0. The van der Waals surface area contributed by atoms with Gasteiger partial charge in [-0.3, -0.25) is 4.79 Å². The molecule has 0 spiro atoms. The first-order valence-corrected chi connectivity index (χ1v) is 3.94. The molecule has 0 aliphatic rings.